The van der Waals surface area contributed by atoms with Gasteiger partial charge in [-0.25, -0.2) is 0 Å². The Balaban J connectivity index is 2.18. The number of hydrogen-bond donors (Lipinski definition) is 1. The Morgan fingerprint density at radius 3 is 2.36 bits per heavy atom. The summed E-state index contributed by atoms with van der Waals surface area (Å²) in [6.07, 6.45) is 3.68. The summed E-state index contributed by atoms with van der Waals surface area (Å²) in [4.78, 5) is 26.1. The van der Waals surface area contributed by atoms with Crippen molar-refractivity contribution < 1.29 is 23.9 Å². The number of benzene rings is 1. The molecule has 0 bridgehead atoms. The van der Waals surface area contributed by atoms with Crippen LogP contribution in [0.1, 0.15) is 36.5 Å². The summed E-state index contributed by atoms with van der Waals surface area (Å²) in [5.41, 5.74) is -0.564. The topological polar surface area (TPSA) is 103 Å². The fourth-order valence-corrected chi connectivity index (χ4v) is 3.50. The number of ether oxygens (including phenoxy) is 3. The zero-order valence-corrected chi connectivity index (χ0v) is 16.9. The fourth-order valence-electron chi connectivity index (χ4n) is 3.50. The monoisotopic (exact) mass is 395 g/mol. The molecule has 1 aromatic carbocycles. The van der Waals surface area contributed by atoms with Gasteiger partial charge in [0.05, 0.1) is 26.3 Å². The maximum absolute atomic E-state index is 12.7. The molecular formula is C19H29N3O6. The van der Waals surface area contributed by atoms with Gasteiger partial charge in [-0.1, -0.05) is 13.3 Å². The average Bonchev–Trinajstić information content (AvgIpc) is 2.70. The van der Waals surface area contributed by atoms with Gasteiger partial charge in [0.25, 0.3) is 5.91 Å². The van der Waals surface area contributed by atoms with Gasteiger partial charge < -0.3 is 24.4 Å². The van der Waals surface area contributed by atoms with Gasteiger partial charge in [-0.05, 0) is 31.8 Å². The van der Waals surface area contributed by atoms with Gasteiger partial charge in [-0.3, -0.25) is 14.9 Å². The Morgan fingerprint density at radius 1 is 1.18 bits per heavy atom. The molecule has 9 nitrogen and oxygen atoms in total. The Labute approximate surface area is 165 Å². The number of nitro groups is 1. The van der Waals surface area contributed by atoms with Crippen LogP contribution in [-0.4, -0.2) is 63.2 Å². The fraction of sp³-hybridized carbons (Fsp3) is 0.632. The highest BCUT2D eigenvalue weighted by Gasteiger charge is 2.32. The van der Waals surface area contributed by atoms with Crippen molar-refractivity contribution >= 4 is 11.6 Å². The Kier molecular flexibility index (Phi) is 7.86. The molecule has 1 heterocycles. The van der Waals surface area contributed by atoms with E-state index in [1.54, 1.807) is 0 Å². The molecule has 2 rings (SSSR count). The van der Waals surface area contributed by atoms with Gasteiger partial charge in [-0.15, -0.1) is 0 Å². The molecule has 1 saturated heterocycles. The van der Waals surface area contributed by atoms with Crippen molar-refractivity contribution in [3.63, 3.8) is 0 Å². The quantitative estimate of drug-likeness (QED) is 0.506. The number of likely N-dealkylation sites (tertiary alicyclic amines) is 1. The van der Waals surface area contributed by atoms with Gasteiger partial charge in [0.2, 0.25) is 11.5 Å². The van der Waals surface area contributed by atoms with Crippen LogP contribution in [0.25, 0.3) is 0 Å². The largest absolute Gasteiger partial charge is 0.493 e. The number of hydrogen-bond acceptors (Lipinski definition) is 7. The highest BCUT2D eigenvalue weighted by molar-refractivity contribution is 6.00. The van der Waals surface area contributed by atoms with Crippen LogP contribution in [0, 0.1) is 16.0 Å². The van der Waals surface area contributed by atoms with Gasteiger partial charge in [0.15, 0.2) is 5.75 Å². The molecule has 1 unspecified atom stereocenters. The van der Waals surface area contributed by atoms with Gasteiger partial charge in [0.1, 0.15) is 5.56 Å². The third-order valence-electron chi connectivity index (χ3n) is 4.86. The first-order valence-electron chi connectivity index (χ1n) is 9.40. The summed E-state index contributed by atoms with van der Waals surface area (Å²) in [5.74, 6) is -0.193. The van der Waals surface area contributed by atoms with Crippen LogP contribution in [0.4, 0.5) is 5.69 Å². The lowest BCUT2D eigenvalue weighted by Crippen LogP contribution is -2.38. The molecule has 1 fully saturated rings. The van der Waals surface area contributed by atoms with Gasteiger partial charge in [0, 0.05) is 19.2 Å². The van der Waals surface area contributed by atoms with Crippen molar-refractivity contribution in [2.24, 2.45) is 5.92 Å². The third kappa shape index (κ3) is 5.03. The minimum absolute atomic E-state index is 0.0757. The number of carbonyl (C=O) groups excluding carboxylic acids is 1. The molecule has 156 valence electrons. The molecule has 1 aromatic rings. The van der Waals surface area contributed by atoms with E-state index in [2.05, 4.69) is 17.1 Å². The number of amides is 1. The van der Waals surface area contributed by atoms with Crippen molar-refractivity contribution in [2.75, 3.05) is 47.5 Å². The number of piperidine rings is 1. The molecule has 9 heteroatoms. The van der Waals surface area contributed by atoms with E-state index in [1.165, 1.54) is 46.7 Å². The molecule has 0 spiro atoms. The number of nitrogens with one attached hydrogen (secondary N) is 1. The number of rotatable bonds is 9. The van der Waals surface area contributed by atoms with Crippen LogP contribution in [-0.2, 0) is 0 Å². The van der Waals surface area contributed by atoms with Gasteiger partial charge >= 0.3 is 5.69 Å². The summed E-state index contributed by atoms with van der Waals surface area (Å²) in [6.45, 7) is 5.52. The van der Waals surface area contributed by atoms with Crippen LogP contribution in [0.5, 0.6) is 17.2 Å². The lowest BCUT2D eigenvalue weighted by molar-refractivity contribution is -0.386. The molecule has 28 heavy (non-hydrogen) atoms. The lowest BCUT2D eigenvalue weighted by atomic mass is 10.1. The van der Waals surface area contributed by atoms with Crippen LogP contribution in [0.3, 0.4) is 0 Å². The molecule has 1 aliphatic heterocycles. The maximum Gasteiger partial charge on any atom is 0.327 e. The predicted molar refractivity (Wildman–Crippen MR) is 105 cm³/mol. The molecule has 0 aromatic heterocycles. The first-order valence-corrected chi connectivity index (χ1v) is 9.40. The Hall–Kier alpha value is -2.55. The van der Waals surface area contributed by atoms with Crippen LogP contribution in [0.2, 0.25) is 0 Å². The second-order valence-electron chi connectivity index (χ2n) is 6.98. The lowest BCUT2D eigenvalue weighted by Gasteiger charge is -2.29. The highest BCUT2D eigenvalue weighted by atomic mass is 16.6. The molecule has 1 atom stereocenters. The molecule has 1 N–H and O–H groups in total. The van der Waals surface area contributed by atoms with Gasteiger partial charge in [-0.2, -0.15) is 0 Å². The number of nitrogens with zero attached hydrogens (tertiary/aromatic N) is 2. The molecular weight excluding hydrogens is 366 g/mol. The maximum atomic E-state index is 12.7. The van der Waals surface area contributed by atoms with Crippen LogP contribution in [0.15, 0.2) is 6.07 Å². The second-order valence-corrected chi connectivity index (χ2v) is 6.98. The van der Waals surface area contributed by atoms with Crippen molar-refractivity contribution in [1.29, 1.82) is 0 Å². The number of nitro benzene ring substituents is 1. The molecule has 0 aliphatic carbocycles. The molecule has 1 aliphatic rings. The standard InChI is InChI=1S/C19H29N3O6/c1-13(12-21-8-6-5-7-9-21)11-20-19(23)14-10-15(26-2)17(27-3)18(28-4)16(14)22(24)25/h10,13H,5-9,11-12H2,1-4H3,(H,20,23). The molecule has 1 amide bonds. The third-order valence-corrected chi connectivity index (χ3v) is 4.86. The Bertz CT molecular complexity index is 703. The summed E-state index contributed by atoms with van der Waals surface area (Å²) in [5, 5.41) is 14.4. The minimum Gasteiger partial charge on any atom is -0.493 e. The van der Waals surface area contributed by atoms with Crippen molar-refractivity contribution in [1.82, 2.24) is 10.2 Å². The van der Waals surface area contributed by atoms with Crippen molar-refractivity contribution in [3.8, 4) is 17.2 Å². The van der Waals surface area contributed by atoms with E-state index in [0.29, 0.717) is 6.54 Å². The zero-order chi connectivity index (χ0) is 20.7. The smallest absolute Gasteiger partial charge is 0.327 e. The zero-order valence-electron chi connectivity index (χ0n) is 16.9. The summed E-state index contributed by atoms with van der Waals surface area (Å²) in [7, 11) is 4.03. The van der Waals surface area contributed by atoms with E-state index in [1.807, 2.05) is 0 Å². The highest BCUT2D eigenvalue weighted by Crippen LogP contribution is 2.46. The van der Waals surface area contributed by atoms with Crippen LogP contribution >= 0.6 is 0 Å². The minimum atomic E-state index is -0.646. The first kappa shape index (κ1) is 21.7. The van der Waals surface area contributed by atoms with E-state index in [9.17, 15) is 14.9 Å². The van der Waals surface area contributed by atoms with E-state index in [4.69, 9.17) is 14.2 Å². The predicted octanol–water partition coefficient (Wildman–Crippen LogP) is 2.47. The average molecular weight is 395 g/mol. The first-order chi connectivity index (χ1) is 13.4. The second kappa shape index (κ2) is 10.1. The van der Waals surface area contributed by atoms with E-state index >= 15 is 0 Å². The van der Waals surface area contributed by atoms with E-state index in [0.717, 1.165) is 19.6 Å². The van der Waals surface area contributed by atoms with E-state index < -0.39 is 16.5 Å². The molecule has 0 radical (unpaired) electrons. The summed E-state index contributed by atoms with van der Waals surface area (Å²) >= 11 is 0. The Morgan fingerprint density at radius 2 is 1.82 bits per heavy atom. The van der Waals surface area contributed by atoms with E-state index in [-0.39, 0.29) is 28.7 Å². The van der Waals surface area contributed by atoms with Crippen LogP contribution < -0.4 is 19.5 Å². The summed E-state index contributed by atoms with van der Waals surface area (Å²) < 4.78 is 15.5. The number of carbonyl (C=O) groups is 1. The van der Waals surface area contributed by atoms with Crippen molar-refractivity contribution in [3.05, 3.63) is 21.7 Å². The van der Waals surface area contributed by atoms with Crippen molar-refractivity contribution in [2.45, 2.75) is 26.2 Å². The summed E-state index contributed by atoms with van der Waals surface area (Å²) in [6, 6.07) is 1.31. The molecule has 0 saturated carbocycles. The number of methoxy groups -OCH3 is 3. The normalized spacial score (nSPS) is 15.6. The SMILES string of the molecule is COc1cc(C(=O)NCC(C)CN2CCCCC2)c([N+](=O)[O-])c(OC)c1OC.